The average Bonchev–Trinajstić information content (AvgIpc) is 2.71. The molecule has 7 heteroatoms. The summed E-state index contributed by atoms with van der Waals surface area (Å²) in [5.74, 6) is -0.516. The number of nitrogens with zero attached hydrogens (tertiary/aromatic N) is 1. The lowest BCUT2D eigenvalue weighted by atomic mass is 10.1. The van der Waals surface area contributed by atoms with Crippen molar-refractivity contribution in [2.45, 2.75) is 19.8 Å². The summed E-state index contributed by atoms with van der Waals surface area (Å²) in [4.78, 5) is 37.8. The van der Waals surface area contributed by atoms with E-state index in [0.717, 1.165) is 5.69 Å². The number of amides is 1. The molecular formula is C22H26N2O5. The second kappa shape index (κ2) is 10.8. The van der Waals surface area contributed by atoms with Crippen LogP contribution in [0, 0.1) is 0 Å². The fourth-order valence-electron chi connectivity index (χ4n) is 2.52. The third kappa shape index (κ3) is 7.29. The Balaban J connectivity index is 1.71. The van der Waals surface area contributed by atoms with Crippen LogP contribution in [0.25, 0.3) is 0 Å². The molecule has 2 rings (SSSR count). The fraction of sp³-hybridized carbons (Fsp3) is 0.318. The van der Waals surface area contributed by atoms with Gasteiger partial charge in [0.15, 0.2) is 12.4 Å². The molecule has 2 aromatic carbocycles. The van der Waals surface area contributed by atoms with Gasteiger partial charge in [-0.2, -0.15) is 0 Å². The van der Waals surface area contributed by atoms with Gasteiger partial charge in [0.2, 0.25) is 0 Å². The summed E-state index contributed by atoms with van der Waals surface area (Å²) in [5.41, 5.74) is 2.12. The number of ether oxygens (including phenoxy) is 2. The van der Waals surface area contributed by atoms with E-state index < -0.39 is 18.5 Å². The van der Waals surface area contributed by atoms with Gasteiger partial charge in [-0.15, -0.1) is 0 Å². The quantitative estimate of drug-likeness (QED) is 0.488. The van der Waals surface area contributed by atoms with Crippen molar-refractivity contribution in [1.82, 2.24) is 0 Å². The lowest BCUT2D eigenvalue weighted by Crippen LogP contribution is -2.21. The largest absolute Gasteiger partial charge is 0.494 e. The molecule has 1 N–H and O–H groups in total. The van der Waals surface area contributed by atoms with Gasteiger partial charge < -0.3 is 19.7 Å². The molecule has 0 heterocycles. The van der Waals surface area contributed by atoms with Gasteiger partial charge in [-0.25, -0.2) is 0 Å². The third-order valence-corrected chi connectivity index (χ3v) is 4.08. The zero-order chi connectivity index (χ0) is 21.2. The van der Waals surface area contributed by atoms with Crippen molar-refractivity contribution in [2.24, 2.45) is 0 Å². The predicted molar refractivity (Wildman–Crippen MR) is 112 cm³/mol. The monoisotopic (exact) mass is 398 g/mol. The molecule has 0 spiro atoms. The lowest BCUT2D eigenvalue weighted by Gasteiger charge is -2.13. The molecule has 0 aliphatic heterocycles. The maximum Gasteiger partial charge on any atom is 0.306 e. The van der Waals surface area contributed by atoms with Crippen LogP contribution in [0.2, 0.25) is 0 Å². The molecule has 0 unspecified atom stereocenters. The molecule has 0 saturated heterocycles. The van der Waals surface area contributed by atoms with Crippen molar-refractivity contribution in [1.29, 1.82) is 0 Å². The minimum Gasteiger partial charge on any atom is -0.494 e. The number of nitrogens with one attached hydrogen (secondary N) is 1. The molecule has 2 aromatic rings. The van der Waals surface area contributed by atoms with Crippen LogP contribution in [-0.2, 0) is 14.3 Å². The minimum atomic E-state index is -0.595. The molecular weight excluding hydrogens is 372 g/mol. The Hall–Kier alpha value is -3.35. The van der Waals surface area contributed by atoms with E-state index in [1.807, 2.05) is 38.1 Å². The van der Waals surface area contributed by atoms with Crippen molar-refractivity contribution >= 4 is 29.0 Å². The normalized spacial score (nSPS) is 10.2. The van der Waals surface area contributed by atoms with Gasteiger partial charge in [-0.1, -0.05) is 0 Å². The van der Waals surface area contributed by atoms with Crippen LogP contribution in [0.3, 0.4) is 0 Å². The topological polar surface area (TPSA) is 84.9 Å². The zero-order valence-electron chi connectivity index (χ0n) is 16.9. The summed E-state index contributed by atoms with van der Waals surface area (Å²) >= 11 is 0. The van der Waals surface area contributed by atoms with Crippen LogP contribution in [0.15, 0.2) is 48.5 Å². The van der Waals surface area contributed by atoms with Crippen molar-refractivity contribution in [2.75, 3.05) is 37.5 Å². The number of carbonyl (C=O) groups is 3. The van der Waals surface area contributed by atoms with E-state index in [2.05, 4.69) is 5.32 Å². The number of esters is 1. The maximum absolute atomic E-state index is 12.1. The van der Waals surface area contributed by atoms with Crippen LogP contribution in [0.4, 0.5) is 11.4 Å². The Morgan fingerprint density at radius 2 is 1.59 bits per heavy atom. The summed E-state index contributed by atoms with van der Waals surface area (Å²) in [6.45, 7) is 2.03. The lowest BCUT2D eigenvalue weighted by molar-refractivity contribution is -0.147. The highest BCUT2D eigenvalue weighted by Gasteiger charge is 2.12. The first-order valence-corrected chi connectivity index (χ1v) is 9.38. The molecule has 1 amide bonds. The second-order valence-electron chi connectivity index (χ2n) is 6.53. The molecule has 0 aromatic heterocycles. The van der Waals surface area contributed by atoms with E-state index in [1.54, 1.807) is 36.4 Å². The Morgan fingerprint density at radius 3 is 2.17 bits per heavy atom. The summed E-state index contributed by atoms with van der Waals surface area (Å²) in [6, 6.07) is 14.0. The Kier molecular flexibility index (Phi) is 8.21. The molecule has 29 heavy (non-hydrogen) atoms. The second-order valence-corrected chi connectivity index (χ2v) is 6.53. The predicted octanol–water partition coefficient (Wildman–Crippen LogP) is 3.30. The van der Waals surface area contributed by atoms with Crippen LogP contribution in [0.5, 0.6) is 5.75 Å². The first-order chi connectivity index (χ1) is 13.9. The van der Waals surface area contributed by atoms with E-state index >= 15 is 0 Å². The van der Waals surface area contributed by atoms with Gasteiger partial charge in [-0.05, 0) is 55.5 Å². The first kappa shape index (κ1) is 21.9. The molecule has 0 atom stereocenters. The van der Waals surface area contributed by atoms with Gasteiger partial charge in [0.05, 0.1) is 13.0 Å². The van der Waals surface area contributed by atoms with Gasteiger partial charge in [0.1, 0.15) is 5.75 Å². The number of benzene rings is 2. The highest BCUT2D eigenvalue weighted by atomic mass is 16.5. The number of carbonyl (C=O) groups excluding carboxylic acids is 3. The number of hydrogen-bond acceptors (Lipinski definition) is 6. The van der Waals surface area contributed by atoms with E-state index in [9.17, 15) is 14.4 Å². The molecule has 7 nitrogen and oxygen atoms in total. The molecule has 0 bridgehead atoms. The smallest absolute Gasteiger partial charge is 0.306 e. The number of Topliss-reactive ketones (excluding diaryl/α,β-unsaturated/α-hetero) is 1. The van der Waals surface area contributed by atoms with E-state index in [1.165, 1.54) is 0 Å². The van der Waals surface area contributed by atoms with E-state index in [-0.39, 0.29) is 18.6 Å². The molecule has 0 fully saturated rings. The average molecular weight is 398 g/mol. The van der Waals surface area contributed by atoms with Crippen molar-refractivity contribution in [3.05, 3.63) is 54.1 Å². The van der Waals surface area contributed by atoms with Gasteiger partial charge >= 0.3 is 5.97 Å². The summed E-state index contributed by atoms with van der Waals surface area (Å²) in [6.07, 6.45) is -0.0721. The summed E-state index contributed by atoms with van der Waals surface area (Å²) in [5, 5.41) is 2.66. The zero-order valence-corrected chi connectivity index (χ0v) is 16.9. The summed E-state index contributed by atoms with van der Waals surface area (Å²) < 4.78 is 10.3. The number of ketones is 1. The van der Waals surface area contributed by atoms with Crippen LogP contribution in [0.1, 0.15) is 30.1 Å². The Labute approximate surface area is 170 Å². The Morgan fingerprint density at radius 1 is 0.931 bits per heavy atom. The van der Waals surface area contributed by atoms with Crippen molar-refractivity contribution in [3.8, 4) is 5.75 Å². The van der Waals surface area contributed by atoms with Crippen LogP contribution < -0.4 is 15.0 Å². The minimum absolute atomic E-state index is 0.0143. The standard InChI is InChI=1S/C22H26N2O5/c1-4-28-19-11-5-16(6-12-19)20(25)13-14-22(27)29-15-21(26)23-17-7-9-18(10-8-17)24(2)3/h5-12H,4,13-15H2,1-3H3,(H,23,26). The first-order valence-electron chi connectivity index (χ1n) is 9.38. The number of anilines is 2. The van der Waals surface area contributed by atoms with Gasteiger partial charge in [0, 0.05) is 37.5 Å². The highest BCUT2D eigenvalue weighted by molar-refractivity contribution is 5.98. The molecule has 0 aliphatic carbocycles. The van der Waals surface area contributed by atoms with E-state index in [0.29, 0.717) is 23.6 Å². The maximum atomic E-state index is 12.1. The molecule has 0 saturated carbocycles. The SMILES string of the molecule is CCOc1ccc(C(=O)CCC(=O)OCC(=O)Nc2ccc(N(C)C)cc2)cc1. The third-order valence-electron chi connectivity index (χ3n) is 4.08. The van der Waals surface area contributed by atoms with Crippen molar-refractivity contribution in [3.63, 3.8) is 0 Å². The van der Waals surface area contributed by atoms with Crippen molar-refractivity contribution < 1.29 is 23.9 Å². The van der Waals surface area contributed by atoms with Crippen LogP contribution >= 0.6 is 0 Å². The fourth-order valence-corrected chi connectivity index (χ4v) is 2.52. The number of rotatable bonds is 10. The highest BCUT2D eigenvalue weighted by Crippen LogP contribution is 2.16. The number of hydrogen-bond donors (Lipinski definition) is 1. The van der Waals surface area contributed by atoms with Gasteiger partial charge in [0.25, 0.3) is 5.91 Å². The Bertz CT molecular complexity index is 829. The van der Waals surface area contributed by atoms with Gasteiger partial charge in [-0.3, -0.25) is 14.4 Å². The van der Waals surface area contributed by atoms with Crippen LogP contribution in [-0.4, -0.2) is 45.0 Å². The summed E-state index contributed by atoms with van der Waals surface area (Å²) in [7, 11) is 3.85. The van der Waals surface area contributed by atoms with E-state index in [4.69, 9.17) is 9.47 Å². The molecule has 154 valence electrons. The molecule has 0 aliphatic rings. The molecule has 0 radical (unpaired) electrons.